The van der Waals surface area contributed by atoms with Gasteiger partial charge in [-0.2, -0.15) is 0 Å². The second-order valence-electron chi connectivity index (χ2n) is 7.85. The number of oxazole rings is 1. The van der Waals surface area contributed by atoms with Crippen molar-refractivity contribution in [3.05, 3.63) is 53.7 Å². The van der Waals surface area contributed by atoms with Crippen molar-refractivity contribution in [3.8, 4) is 11.5 Å². The summed E-state index contributed by atoms with van der Waals surface area (Å²) in [6, 6.07) is 9.38. The predicted molar refractivity (Wildman–Crippen MR) is 126 cm³/mol. The summed E-state index contributed by atoms with van der Waals surface area (Å²) in [6.07, 6.45) is 3.90. The molecule has 2 N–H and O–H groups in total. The molecule has 0 aliphatic heterocycles. The minimum atomic E-state index is -0.754. The highest BCUT2D eigenvalue weighted by molar-refractivity contribution is 6.04. The zero-order valence-corrected chi connectivity index (χ0v) is 19.3. The van der Waals surface area contributed by atoms with Crippen LogP contribution in [-0.4, -0.2) is 44.0 Å². The number of aryl methyl sites for hydroxylation is 1. The van der Waals surface area contributed by atoms with Gasteiger partial charge in [-0.3, -0.25) is 9.79 Å². The van der Waals surface area contributed by atoms with E-state index >= 15 is 0 Å². The number of nitrogens with two attached hydrogens (primary N) is 1. The fourth-order valence-electron chi connectivity index (χ4n) is 3.84. The Labute approximate surface area is 192 Å². The molecule has 1 heterocycles. The number of halogens is 1. The van der Waals surface area contributed by atoms with Gasteiger partial charge >= 0.3 is 0 Å². The molecule has 1 atom stereocenters. The summed E-state index contributed by atoms with van der Waals surface area (Å²) in [5.41, 5.74) is 5.96. The highest BCUT2D eigenvalue weighted by atomic mass is 19.1. The van der Waals surface area contributed by atoms with Crippen molar-refractivity contribution in [1.29, 1.82) is 0 Å². The van der Waals surface area contributed by atoms with Crippen LogP contribution >= 0.6 is 0 Å². The average Bonchev–Trinajstić information content (AvgIpc) is 3.27. The van der Waals surface area contributed by atoms with Crippen LogP contribution in [0.1, 0.15) is 53.6 Å². The third-order valence-corrected chi connectivity index (χ3v) is 5.55. The summed E-state index contributed by atoms with van der Waals surface area (Å²) in [5.74, 6) is 2.45. The Bertz CT molecular complexity index is 1130. The highest BCUT2D eigenvalue weighted by Gasteiger charge is 2.21. The van der Waals surface area contributed by atoms with Crippen LogP contribution in [0.25, 0.3) is 10.8 Å². The Kier molecular flexibility index (Phi) is 8.40. The minimum Gasteiger partial charge on any atom is -0.496 e. The number of nitrogens with zero attached hydrogens (tertiary/aromatic N) is 2. The maximum Gasteiger partial charge on any atom is 0.197 e. The van der Waals surface area contributed by atoms with Gasteiger partial charge < -0.3 is 19.6 Å². The van der Waals surface area contributed by atoms with Crippen LogP contribution in [0.3, 0.4) is 0 Å². The van der Waals surface area contributed by atoms with Crippen molar-refractivity contribution in [1.82, 2.24) is 4.98 Å². The molecule has 8 heteroatoms. The standard InChI is InChI=1S/C25H30FN3O4/c1-16-15-29-25(33-16)17(7-5-11-28-24(27)14-26)9-10-21(30)20-12-18-6-4-8-22(31-2)19(18)13-23(20)32-3/h4,6,8,12-13,15,17H,5,7,9-11,14H2,1-3H3,(H2,27,28)/t17-/m1/s1. The molecule has 33 heavy (non-hydrogen) atoms. The molecule has 0 aliphatic rings. The van der Waals surface area contributed by atoms with E-state index in [0.29, 0.717) is 55.2 Å². The molecule has 0 saturated heterocycles. The van der Waals surface area contributed by atoms with Crippen molar-refractivity contribution < 1.29 is 23.1 Å². The van der Waals surface area contributed by atoms with Crippen molar-refractivity contribution in [2.24, 2.45) is 10.7 Å². The number of ketones is 1. The molecule has 0 unspecified atom stereocenters. The number of fused-ring (bicyclic) bond motifs is 1. The molecule has 2 aromatic carbocycles. The number of ether oxygens (including phenoxy) is 2. The minimum absolute atomic E-state index is 0.00581. The Morgan fingerprint density at radius 3 is 2.67 bits per heavy atom. The van der Waals surface area contributed by atoms with E-state index in [4.69, 9.17) is 19.6 Å². The third kappa shape index (κ3) is 6.09. The summed E-state index contributed by atoms with van der Waals surface area (Å²) < 4.78 is 29.2. The van der Waals surface area contributed by atoms with Crippen LogP contribution < -0.4 is 15.2 Å². The number of aromatic nitrogens is 1. The van der Waals surface area contributed by atoms with E-state index in [9.17, 15) is 9.18 Å². The summed E-state index contributed by atoms with van der Waals surface area (Å²) in [5, 5.41) is 1.79. The number of hydrogen-bond donors (Lipinski definition) is 1. The monoisotopic (exact) mass is 455 g/mol. The zero-order valence-electron chi connectivity index (χ0n) is 19.3. The van der Waals surface area contributed by atoms with Crippen LogP contribution in [-0.2, 0) is 0 Å². The predicted octanol–water partition coefficient (Wildman–Crippen LogP) is 5.01. The van der Waals surface area contributed by atoms with E-state index in [2.05, 4.69) is 9.98 Å². The zero-order chi connectivity index (χ0) is 23.8. The first-order valence-electron chi connectivity index (χ1n) is 10.9. The van der Waals surface area contributed by atoms with Crippen LogP contribution in [0.4, 0.5) is 4.39 Å². The summed E-state index contributed by atoms with van der Waals surface area (Å²) in [7, 11) is 3.16. The number of rotatable bonds is 12. The molecular formula is C25H30FN3O4. The number of benzene rings is 2. The quantitative estimate of drug-likeness (QED) is 0.178. The van der Waals surface area contributed by atoms with Gasteiger partial charge in [-0.1, -0.05) is 12.1 Å². The normalized spacial score (nSPS) is 12.7. The largest absolute Gasteiger partial charge is 0.496 e. The van der Waals surface area contributed by atoms with Gasteiger partial charge in [0.1, 0.15) is 29.8 Å². The van der Waals surface area contributed by atoms with Crippen molar-refractivity contribution in [3.63, 3.8) is 0 Å². The summed E-state index contributed by atoms with van der Waals surface area (Å²) >= 11 is 0. The van der Waals surface area contributed by atoms with E-state index in [0.717, 1.165) is 16.5 Å². The maximum absolute atomic E-state index is 13.2. The number of alkyl halides is 1. The Balaban J connectivity index is 1.76. The number of methoxy groups -OCH3 is 2. The number of carbonyl (C=O) groups is 1. The Morgan fingerprint density at radius 2 is 2.00 bits per heavy atom. The smallest absolute Gasteiger partial charge is 0.197 e. The Morgan fingerprint density at radius 1 is 1.21 bits per heavy atom. The van der Waals surface area contributed by atoms with E-state index in [1.807, 2.05) is 37.3 Å². The van der Waals surface area contributed by atoms with Crippen LogP contribution in [0.15, 0.2) is 45.9 Å². The van der Waals surface area contributed by atoms with Crippen LogP contribution in [0.5, 0.6) is 11.5 Å². The molecule has 176 valence electrons. The number of Topliss-reactive ketones (excluding diaryl/α,β-unsaturated/α-hetero) is 1. The molecule has 0 radical (unpaired) electrons. The first kappa shape index (κ1) is 24.2. The van der Waals surface area contributed by atoms with E-state index in [1.165, 1.54) is 0 Å². The van der Waals surface area contributed by atoms with Gasteiger partial charge in [-0.05, 0) is 49.8 Å². The number of hydrogen-bond acceptors (Lipinski definition) is 6. The van der Waals surface area contributed by atoms with Gasteiger partial charge in [0, 0.05) is 24.3 Å². The van der Waals surface area contributed by atoms with Gasteiger partial charge in [0.25, 0.3) is 0 Å². The van der Waals surface area contributed by atoms with Gasteiger partial charge in [-0.15, -0.1) is 0 Å². The average molecular weight is 456 g/mol. The van der Waals surface area contributed by atoms with Crippen LogP contribution in [0, 0.1) is 6.92 Å². The summed E-state index contributed by atoms with van der Waals surface area (Å²) in [4.78, 5) is 21.5. The first-order valence-corrected chi connectivity index (χ1v) is 10.9. The van der Waals surface area contributed by atoms with Gasteiger partial charge in [0.05, 0.1) is 26.0 Å². The first-order chi connectivity index (χ1) is 16.0. The van der Waals surface area contributed by atoms with Crippen molar-refractivity contribution in [2.45, 2.75) is 38.5 Å². The molecule has 3 rings (SSSR count). The number of carbonyl (C=O) groups excluding carboxylic acids is 1. The number of aliphatic imine (C=N–C) groups is 1. The lowest BCUT2D eigenvalue weighted by atomic mass is 9.93. The second-order valence-corrected chi connectivity index (χ2v) is 7.85. The molecule has 0 amide bonds. The van der Waals surface area contributed by atoms with Gasteiger partial charge in [0.2, 0.25) is 0 Å². The van der Waals surface area contributed by atoms with E-state index in [-0.39, 0.29) is 17.5 Å². The number of amidine groups is 1. The molecule has 3 aromatic rings. The lowest BCUT2D eigenvalue weighted by Gasteiger charge is -2.15. The highest BCUT2D eigenvalue weighted by Crippen LogP contribution is 2.34. The fraction of sp³-hybridized carbons (Fsp3) is 0.400. The second kappa shape index (κ2) is 11.4. The fourth-order valence-corrected chi connectivity index (χ4v) is 3.84. The molecule has 0 saturated carbocycles. The molecule has 0 fully saturated rings. The third-order valence-electron chi connectivity index (χ3n) is 5.55. The molecule has 7 nitrogen and oxygen atoms in total. The SMILES string of the molecule is COc1cc2c(OC)cccc2cc1C(=O)CC[C@@H](CCCN=C(N)CF)c1ncc(C)o1. The lowest BCUT2D eigenvalue weighted by Crippen LogP contribution is -2.14. The molecule has 0 spiro atoms. The molecule has 0 bridgehead atoms. The lowest BCUT2D eigenvalue weighted by molar-refractivity contribution is 0.0973. The topological polar surface area (TPSA) is 99.9 Å². The van der Waals surface area contributed by atoms with E-state index < -0.39 is 6.67 Å². The van der Waals surface area contributed by atoms with Crippen molar-refractivity contribution in [2.75, 3.05) is 27.4 Å². The van der Waals surface area contributed by atoms with Crippen LogP contribution in [0.2, 0.25) is 0 Å². The van der Waals surface area contributed by atoms with E-state index in [1.54, 1.807) is 20.4 Å². The molecule has 1 aromatic heterocycles. The van der Waals surface area contributed by atoms with Gasteiger partial charge in [0.15, 0.2) is 11.7 Å². The van der Waals surface area contributed by atoms with Gasteiger partial charge in [-0.25, -0.2) is 9.37 Å². The summed E-state index contributed by atoms with van der Waals surface area (Å²) in [6.45, 7) is 1.50. The maximum atomic E-state index is 13.2. The molecular weight excluding hydrogens is 425 g/mol. The molecule has 0 aliphatic carbocycles. The van der Waals surface area contributed by atoms with Crippen molar-refractivity contribution >= 4 is 22.4 Å². The Hall–Kier alpha value is -3.42.